The van der Waals surface area contributed by atoms with E-state index in [0.29, 0.717) is 10.9 Å². The van der Waals surface area contributed by atoms with E-state index in [4.69, 9.17) is 4.74 Å². The van der Waals surface area contributed by atoms with E-state index in [1.54, 1.807) is 24.3 Å². The van der Waals surface area contributed by atoms with Crippen LogP contribution in [0.4, 0.5) is 13.2 Å². The van der Waals surface area contributed by atoms with E-state index in [-0.39, 0.29) is 11.3 Å². The largest absolute Gasteiger partial charge is 0.522 e. The van der Waals surface area contributed by atoms with Crippen LogP contribution in [-0.4, -0.2) is 35.6 Å². The topological polar surface area (TPSA) is 68.7 Å². The van der Waals surface area contributed by atoms with Crippen LogP contribution in [0.1, 0.15) is 10.4 Å². The average Bonchev–Trinajstić information content (AvgIpc) is 2.41. The van der Waals surface area contributed by atoms with Crippen LogP contribution in [0, 0.1) is 0 Å². The van der Waals surface area contributed by atoms with Crippen LogP contribution >= 0.6 is 0 Å². The molecule has 0 unspecified atom stereocenters. The summed E-state index contributed by atoms with van der Waals surface area (Å²) in [7, 11) is 0. The molecule has 1 aromatic heterocycles. The molecule has 0 aliphatic carbocycles. The molecule has 1 heterocycles. The summed E-state index contributed by atoms with van der Waals surface area (Å²) in [6.07, 6.45) is -3.58. The number of nitrogens with zero attached hydrogens (tertiary/aromatic N) is 1. The quantitative estimate of drug-likeness (QED) is 0.860. The summed E-state index contributed by atoms with van der Waals surface area (Å²) in [5.74, 6) is -1.35. The Labute approximate surface area is 116 Å². The first-order chi connectivity index (χ1) is 9.88. The van der Waals surface area contributed by atoms with Crippen molar-refractivity contribution >= 4 is 16.9 Å². The molecule has 2 rings (SSSR count). The maximum Gasteiger partial charge on any atom is 0.522 e. The van der Waals surface area contributed by atoms with Crippen molar-refractivity contribution in [2.45, 2.75) is 6.36 Å². The molecule has 0 spiro atoms. The van der Waals surface area contributed by atoms with Gasteiger partial charge in [0.05, 0.1) is 18.3 Å². The van der Waals surface area contributed by atoms with Gasteiger partial charge in [0, 0.05) is 5.39 Å². The normalized spacial score (nSPS) is 11.6. The van der Waals surface area contributed by atoms with Gasteiger partial charge < -0.3 is 9.84 Å². The molecule has 0 aliphatic rings. The van der Waals surface area contributed by atoms with Crippen LogP contribution in [0.25, 0.3) is 10.9 Å². The number of carbonyl (C=O) groups is 1. The second-order valence-corrected chi connectivity index (χ2v) is 3.96. The third-order valence-electron chi connectivity index (χ3n) is 2.56. The number of aromatic carboxylic acids is 1. The van der Waals surface area contributed by atoms with Crippen LogP contribution in [0.15, 0.2) is 30.5 Å². The van der Waals surface area contributed by atoms with Gasteiger partial charge in [-0.3, -0.25) is 9.72 Å². The zero-order valence-corrected chi connectivity index (χ0v) is 10.6. The molecule has 0 aliphatic heterocycles. The second-order valence-electron chi connectivity index (χ2n) is 3.96. The lowest BCUT2D eigenvalue weighted by Crippen LogP contribution is -2.18. The minimum atomic E-state index is -4.75. The molecule has 0 radical (unpaired) electrons. The molecule has 0 fully saturated rings. The second kappa shape index (κ2) is 5.96. The Balaban J connectivity index is 2.20. The standard InChI is InChI=1S/C13H10F3NO4/c14-13(15,16)21-6-5-20-10-7-17-9-4-2-1-3-8(9)11(10)12(18)19/h1-4,7H,5-6H2,(H,18,19). The van der Waals surface area contributed by atoms with Crippen molar-refractivity contribution in [2.24, 2.45) is 0 Å². The summed E-state index contributed by atoms with van der Waals surface area (Å²) >= 11 is 0. The molecular formula is C13H10F3NO4. The van der Waals surface area contributed by atoms with Crippen molar-refractivity contribution in [3.05, 3.63) is 36.0 Å². The Morgan fingerprint density at radius 1 is 1.24 bits per heavy atom. The number of para-hydroxylation sites is 1. The maximum absolute atomic E-state index is 11.8. The van der Waals surface area contributed by atoms with E-state index in [0.717, 1.165) is 0 Å². The number of aromatic nitrogens is 1. The maximum atomic E-state index is 11.8. The number of hydrogen-bond donors (Lipinski definition) is 1. The minimum absolute atomic E-state index is 0.105. The van der Waals surface area contributed by atoms with Crippen molar-refractivity contribution in [3.8, 4) is 5.75 Å². The van der Waals surface area contributed by atoms with Crippen molar-refractivity contribution < 1.29 is 32.5 Å². The number of hydrogen-bond acceptors (Lipinski definition) is 4. The number of halogens is 3. The third-order valence-corrected chi connectivity index (χ3v) is 2.56. The van der Waals surface area contributed by atoms with Crippen LogP contribution in [0.3, 0.4) is 0 Å². The fourth-order valence-electron chi connectivity index (χ4n) is 1.76. The molecule has 1 N–H and O–H groups in total. The molecule has 2 aromatic rings. The Kier molecular flexibility index (Phi) is 4.27. The molecule has 8 heteroatoms. The van der Waals surface area contributed by atoms with Crippen molar-refractivity contribution in [1.29, 1.82) is 0 Å². The van der Waals surface area contributed by atoms with Crippen LogP contribution in [0.2, 0.25) is 0 Å². The van der Waals surface area contributed by atoms with Crippen molar-refractivity contribution in [1.82, 2.24) is 4.98 Å². The molecule has 112 valence electrons. The molecular weight excluding hydrogens is 291 g/mol. The van der Waals surface area contributed by atoms with Gasteiger partial charge in [-0.05, 0) is 6.07 Å². The number of carboxylic acid groups (broad SMARTS) is 1. The third kappa shape index (κ3) is 3.82. The summed E-state index contributed by atoms with van der Waals surface area (Å²) in [5.41, 5.74) is 0.307. The first-order valence-corrected chi connectivity index (χ1v) is 5.83. The first-order valence-electron chi connectivity index (χ1n) is 5.83. The number of alkyl halides is 3. The Morgan fingerprint density at radius 2 is 1.95 bits per heavy atom. The monoisotopic (exact) mass is 301 g/mol. The van der Waals surface area contributed by atoms with Gasteiger partial charge in [0.2, 0.25) is 0 Å². The van der Waals surface area contributed by atoms with Gasteiger partial charge in [0.25, 0.3) is 0 Å². The Morgan fingerprint density at radius 3 is 2.62 bits per heavy atom. The van der Waals surface area contributed by atoms with Gasteiger partial charge in [0.15, 0.2) is 5.75 Å². The molecule has 5 nitrogen and oxygen atoms in total. The number of pyridine rings is 1. The molecule has 0 bridgehead atoms. The number of rotatable bonds is 5. The van der Waals surface area contributed by atoms with Gasteiger partial charge in [-0.15, -0.1) is 13.2 Å². The van der Waals surface area contributed by atoms with Crippen LogP contribution in [-0.2, 0) is 4.74 Å². The summed E-state index contributed by atoms with van der Waals surface area (Å²) in [4.78, 5) is 15.3. The van der Waals surface area contributed by atoms with Crippen LogP contribution in [0.5, 0.6) is 5.75 Å². The number of benzene rings is 1. The van der Waals surface area contributed by atoms with Gasteiger partial charge in [-0.2, -0.15) is 0 Å². The van der Waals surface area contributed by atoms with E-state index in [1.165, 1.54) is 6.20 Å². The Bertz CT molecular complexity index is 657. The van der Waals surface area contributed by atoms with Gasteiger partial charge >= 0.3 is 12.3 Å². The fraction of sp³-hybridized carbons (Fsp3) is 0.231. The lowest BCUT2D eigenvalue weighted by molar-refractivity contribution is -0.325. The average molecular weight is 301 g/mol. The van der Waals surface area contributed by atoms with Crippen molar-refractivity contribution in [2.75, 3.05) is 13.2 Å². The molecule has 0 amide bonds. The molecule has 1 aromatic carbocycles. The highest BCUT2D eigenvalue weighted by Gasteiger charge is 2.28. The zero-order valence-electron chi connectivity index (χ0n) is 10.6. The highest BCUT2D eigenvalue weighted by molar-refractivity contribution is 6.04. The summed E-state index contributed by atoms with van der Waals surface area (Å²) < 4.78 is 44.0. The lowest BCUT2D eigenvalue weighted by Gasteiger charge is -2.12. The van der Waals surface area contributed by atoms with E-state index in [9.17, 15) is 23.1 Å². The molecule has 21 heavy (non-hydrogen) atoms. The number of carboxylic acids is 1. The molecule has 0 saturated heterocycles. The van der Waals surface area contributed by atoms with E-state index >= 15 is 0 Å². The smallest absolute Gasteiger partial charge is 0.489 e. The zero-order chi connectivity index (χ0) is 15.5. The van der Waals surface area contributed by atoms with Gasteiger partial charge in [-0.1, -0.05) is 18.2 Å². The van der Waals surface area contributed by atoms with E-state index in [2.05, 4.69) is 9.72 Å². The summed E-state index contributed by atoms with van der Waals surface area (Å²) in [5, 5.41) is 9.58. The minimum Gasteiger partial charge on any atom is -0.489 e. The van der Waals surface area contributed by atoms with Gasteiger partial charge in [0.1, 0.15) is 12.2 Å². The summed E-state index contributed by atoms with van der Waals surface area (Å²) in [6.45, 7) is -1.19. The van der Waals surface area contributed by atoms with E-state index < -0.39 is 25.5 Å². The highest BCUT2D eigenvalue weighted by Crippen LogP contribution is 2.26. The SMILES string of the molecule is O=C(O)c1c(OCCOC(F)(F)F)cnc2ccccc12. The number of fused-ring (bicyclic) bond motifs is 1. The lowest BCUT2D eigenvalue weighted by atomic mass is 10.1. The predicted molar refractivity (Wildman–Crippen MR) is 66.2 cm³/mol. The molecule has 0 atom stereocenters. The summed E-state index contributed by atoms with van der Waals surface area (Å²) in [6, 6.07) is 6.49. The van der Waals surface area contributed by atoms with Crippen LogP contribution < -0.4 is 4.74 Å². The first kappa shape index (κ1) is 15.0. The highest BCUT2D eigenvalue weighted by atomic mass is 19.4. The van der Waals surface area contributed by atoms with E-state index in [1.807, 2.05) is 0 Å². The Hall–Kier alpha value is -2.35. The fourth-order valence-corrected chi connectivity index (χ4v) is 1.76. The van der Waals surface area contributed by atoms with Gasteiger partial charge in [-0.25, -0.2) is 4.79 Å². The molecule has 0 saturated carbocycles. The van der Waals surface area contributed by atoms with Crippen molar-refractivity contribution in [3.63, 3.8) is 0 Å². The predicted octanol–water partition coefficient (Wildman–Crippen LogP) is 2.85. The number of ether oxygens (including phenoxy) is 2.